The number of aliphatic hydroxyl groups excluding tert-OH is 1. The van der Waals surface area contributed by atoms with Crippen molar-refractivity contribution in [1.29, 1.82) is 0 Å². The summed E-state index contributed by atoms with van der Waals surface area (Å²) in [7, 11) is 3.32. The minimum atomic E-state index is -0.0572. The largest absolute Gasteiger partial charge is 0.497 e. The van der Waals surface area contributed by atoms with E-state index in [1.807, 2.05) is 30.3 Å². The molecule has 0 aliphatic rings. The zero-order valence-electron chi connectivity index (χ0n) is 17.8. The van der Waals surface area contributed by atoms with Gasteiger partial charge in [0.1, 0.15) is 11.5 Å². The van der Waals surface area contributed by atoms with Crippen LogP contribution in [0.25, 0.3) is 0 Å². The maximum Gasteiger partial charge on any atom is 0.122 e. The van der Waals surface area contributed by atoms with Gasteiger partial charge in [-0.05, 0) is 54.3 Å². The summed E-state index contributed by atoms with van der Waals surface area (Å²) < 4.78 is 10.8. The Morgan fingerprint density at radius 2 is 1.47 bits per heavy atom. The predicted molar refractivity (Wildman–Crippen MR) is 121 cm³/mol. The highest BCUT2D eigenvalue weighted by Gasteiger charge is 2.16. The molecule has 1 atom stereocenters. The van der Waals surface area contributed by atoms with Crippen molar-refractivity contribution in [3.63, 3.8) is 0 Å². The number of ether oxygens (including phenoxy) is 2. The minimum absolute atomic E-state index is 0.0572. The van der Waals surface area contributed by atoms with Crippen LogP contribution in [0.4, 0.5) is 0 Å². The standard InChI is InChI=1S/C26H31NO3/c1-29-24-13-14-26(30-2)22(18-24)17-23(19-28)27-16-15-25(20-9-5-3-6-10-20)21-11-7-4-8-12-21/h3-14,18,23,25,27-28H,15-17,19H2,1-2H3. The molecule has 0 aliphatic carbocycles. The summed E-state index contributed by atoms with van der Waals surface area (Å²) in [5.74, 6) is 1.91. The number of benzene rings is 3. The molecule has 0 heterocycles. The second kappa shape index (κ2) is 11.4. The molecule has 0 aromatic heterocycles. The van der Waals surface area contributed by atoms with E-state index in [4.69, 9.17) is 9.47 Å². The number of nitrogens with one attached hydrogen (secondary N) is 1. The third-order valence-electron chi connectivity index (χ3n) is 5.44. The normalized spacial score (nSPS) is 12.0. The summed E-state index contributed by atoms with van der Waals surface area (Å²) in [6.45, 7) is 0.855. The van der Waals surface area contributed by atoms with Crippen LogP contribution >= 0.6 is 0 Å². The Morgan fingerprint density at radius 3 is 2.00 bits per heavy atom. The van der Waals surface area contributed by atoms with Gasteiger partial charge in [0.15, 0.2) is 0 Å². The fourth-order valence-electron chi connectivity index (χ4n) is 3.84. The molecule has 158 valence electrons. The molecule has 0 saturated carbocycles. The summed E-state index contributed by atoms with van der Waals surface area (Å²) >= 11 is 0. The smallest absolute Gasteiger partial charge is 0.122 e. The quantitative estimate of drug-likeness (QED) is 0.496. The maximum absolute atomic E-state index is 9.94. The van der Waals surface area contributed by atoms with Gasteiger partial charge in [-0.1, -0.05) is 60.7 Å². The molecule has 0 bridgehead atoms. The summed E-state index contributed by atoms with van der Waals surface area (Å²) in [6.07, 6.45) is 1.61. The van der Waals surface area contributed by atoms with Gasteiger partial charge in [-0.25, -0.2) is 0 Å². The SMILES string of the molecule is COc1ccc(OC)c(CC(CO)NCCC(c2ccccc2)c2ccccc2)c1. The number of hydrogen-bond donors (Lipinski definition) is 2. The lowest BCUT2D eigenvalue weighted by Gasteiger charge is -2.22. The van der Waals surface area contributed by atoms with Crippen molar-refractivity contribution in [2.45, 2.75) is 24.8 Å². The molecule has 0 fully saturated rings. The molecule has 0 aliphatic heterocycles. The third-order valence-corrected chi connectivity index (χ3v) is 5.44. The van der Waals surface area contributed by atoms with Gasteiger partial charge >= 0.3 is 0 Å². The van der Waals surface area contributed by atoms with Crippen LogP contribution in [0.2, 0.25) is 0 Å². The maximum atomic E-state index is 9.94. The van der Waals surface area contributed by atoms with Crippen LogP contribution in [0.1, 0.15) is 29.0 Å². The van der Waals surface area contributed by atoms with Crippen molar-refractivity contribution >= 4 is 0 Å². The first-order chi connectivity index (χ1) is 14.7. The first kappa shape index (κ1) is 21.9. The summed E-state index contributed by atoms with van der Waals surface area (Å²) in [4.78, 5) is 0. The van der Waals surface area contributed by atoms with Crippen molar-refractivity contribution in [3.8, 4) is 11.5 Å². The van der Waals surface area contributed by atoms with Crippen LogP contribution in [0, 0.1) is 0 Å². The summed E-state index contributed by atoms with van der Waals surface area (Å²) in [6, 6.07) is 26.9. The average Bonchev–Trinajstić information content (AvgIpc) is 2.82. The van der Waals surface area contributed by atoms with E-state index in [1.54, 1.807) is 14.2 Å². The highest BCUT2D eigenvalue weighted by molar-refractivity contribution is 5.41. The molecule has 0 radical (unpaired) electrons. The van der Waals surface area contributed by atoms with Crippen LogP contribution in [-0.4, -0.2) is 38.5 Å². The van der Waals surface area contributed by atoms with Crippen LogP contribution < -0.4 is 14.8 Å². The molecule has 0 amide bonds. The first-order valence-corrected chi connectivity index (χ1v) is 10.4. The topological polar surface area (TPSA) is 50.7 Å². The summed E-state index contributed by atoms with van der Waals surface area (Å²) in [5.41, 5.74) is 3.63. The molecule has 30 heavy (non-hydrogen) atoms. The third kappa shape index (κ3) is 5.85. The Kier molecular flexibility index (Phi) is 8.30. The zero-order valence-corrected chi connectivity index (χ0v) is 17.8. The van der Waals surface area contributed by atoms with Gasteiger partial charge in [0.05, 0.1) is 20.8 Å². The van der Waals surface area contributed by atoms with Gasteiger partial charge in [0.2, 0.25) is 0 Å². The zero-order chi connectivity index (χ0) is 21.2. The van der Waals surface area contributed by atoms with E-state index in [9.17, 15) is 5.11 Å². The molecule has 3 rings (SSSR count). The lowest BCUT2D eigenvalue weighted by Crippen LogP contribution is -2.35. The lowest BCUT2D eigenvalue weighted by molar-refractivity contribution is 0.240. The second-order valence-corrected chi connectivity index (χ2v) is 7.38. The molecule has 0 spiro atoms. The molecular weight excluding hydrogens is 374 g/mol. The fourth-order valence-corrected chi connectivity index (χ4v) is 3.84. The van der Waals surface area contributed by atoms with Gasteiger partial charge in [-0.3, -0.25) is 0 Å². The van der Waals surface area contributed by atoms with Crippen LogP contribution in [0.5, 0.6) is 11.5 Å². The van der Waals surface area contributed by atoms with E-state index >= 15 is 0 Å². The van der Waals surface area contributed by atoms with Gasteiger partial charge < -0.3 is 19.9 Å². The molecule has 1 unspecified atom stereocenters. The van der Waals surface area contributed by atoms with Crippen molar-refractivity contribution < 1.29 is 14.6 Å². The first-order valence-electron chi connectivity index (χ1n) is 10.4. The van der Waals surface area contributed by atoms with Crippen LogP contribution in [-0.2, 0) is 6.42 Å². The predicted octanol–water partition coefficient (Wildman–Crippen LogP) is 4.42. The Balaban J connectivity index is 1.66. The van der Waals surface area contributed by atoms with E-state index in [1.165, 1.54) is 11.1 Å². The van der Waals surface area contributed by atoms with E-state index in [0.717, 1.165) is 30.0 Å². The molecule has 4 nitrogen and oxygen atoms in total. The van der Waals surface area contributed by atoms with Gasteiger partial charge in [0.25, 0.3) is 0 Å². The Morgan fingerprint density at radius 1 is 0.833 bits per heavy atom. The fraction of sp³-hybridized carbons (Fsp3) is 0.308. The molecule has 3 aromatic rings. The van der Waals surface area contributed by atoms with E-state index in [2.05, 4.69) is 53.8 Å². The van der Waals surface area contributed by atoms with Crippen molar-refractivity contribution in [1.82, 2.24) is 5.32 Å². The molecule has 0 saturated heterocycles. The molecular formula is C26H31NO3. The Hall–Kier alpha value is -2.82. The second-order valence-electron chi connectivity index (χ2n) is 7.38. The number of hydrogen-bond acceptors (Lipinski definition) is 4. The van der Waals surface area contributed by atoms with Crippen LogP contribution in [0.3, 0.4) is 0 Å². The highest BCUT2D eigenvalue weighted by atomic mass is 16.5. The average molecular weight is 406 g/mol. The monoisotopic (exact) mass is 405 g/mol. The van der Waals surface area contributed by atoms with Gasteiger partial charge in [-0.2, -0.15) is 0 Å². The van der Waals surface area contributed by atoms with Crippen LogP contribution in [0.15, 0.2) is 78.9 Å². The summed E-state index contributed by atoms with van der Waals surface area (Å²) in [5, 5.41) is 13.5. The van der Waals surface area contributed by atoms with Crippen molar-refractivity contribution in [2.75, 3.05) is 27.4 Å². The number of methoxy groups -OCH3 is 2. The number of rotatable bonds is 11. The van der Waals surface area contributed by atoms with Crippen molar-refractivity contribution in [2.24, 2.45) is 0 Å². The van der Waals surface area contributed by atoms with E-state index < -0.39 is 0 Å². The molecule has 3 aromatic carbocycles. The Bertz CT molecular complexity index is 844. The number of aliphatic hydroxyl groups is 1. The minimum Gasteiger partial charge on any atom is -0.497 e. The molecule has 4 heteroatoms. The van der Waals surface area contributed by atoms with Gasteiger partial charge in [-0.15, -0.1) is 0 Å². The highest BCUT2D eigenvalue weighted by Crippen LogP contribution is 2.28. The lowest BCUT2D eigenvalue weighted by atomic mass is 9.88. The van der Waals surface area contributed by atoms with E-state index in [-0.39, 0.29) is 12.6 Å². The Labute approximate surface area is 179 Å². The van der Waals surface area contributed by atoms with E-state index in [0.29, 0.717) is 12.3 Å². The van der Waals surface area contributed by atoms with Crippen molar-refractivity contribution in [3.05, 3.63) is 95.6 Å². The molecule has 2 N–H and O–H groups in total. The van der Waals surface area contributed by atoms with Gasteiger partial charge in [0, 0.05) is 12.0 Å².